The van der Waals surface area contributed by atoms with E-state index in [4.69, 9.17) is 0 Å². The van der Waals surface area contributed by atoms with Crippen molar-refractivity contribution in [1.29, 1.82) is 0 Å². The predicted octanol–water partition coefficient (Wildman–Crippen LogP) is 3.17. The fourth-order valence-electron chi connectivity index (χ4n) is 5.46. The van der Waals surface area contributed by atoms with Gasteiger partial charge in [0.1, 0.15) is 0 Å². The highest BCUT2D eigenvalue weighted by Crippen LogP contribution is 2.42. The summed E-state index contributed by atoms with van der Waals surface area (Å²) in [5.41, 5.74) is 0. The van der Waals surface area contributed by atoms with Crippen molar-refractivity contribution in [3.05, 3.63) is 0 Å². The Morgan fingerprint density at radius 1 is 1.20 bits per heavy atom. The Balaban J connectivity index is 1.68. The minimum atomic E-state index is 0.235. The Kier molecular flexibility index (Phi) is 6.79. The topological polar surface area (TPSA) is 44.4 Å². The third-order valence-electron chi connectivity index (χ3n) is 7.15. The predicted molar refractivity (Wildman–Crippen MR) is 104 cm³/mol. The van der Waals surface area contributed by atoms with Crippen LogP contribution in [-0.4, -0.2) is 48.6 Å². The van der Waals surface area contributed by atoms with Crippen molar-refractivity contribution in [2.45, 2.75) is 90.3 Å². The first-order valence-electron chi connectivity index (χ1n) is 10.9. The zero-order valence-electron chi connectivity index (χ0n) is 16.6. The molecule has 2 N–H and O–H groups in total. The molecule has 25 heavy (non-hydrogen) atoms. The molecule has 3 rings (SSSR count). The van der Waals surface area contributed by atoms with Crippen molar-refractivity contribution in [1.82, 2.24) is 15.5 Å². The minimum Gasteiger partial charge on any atom is -0.353 e. The second kappa shape index (κ2) is 8.85. The largest absolute Gasteiger partial charge is 0.353 e. The van der Waals surface area contributed by atoms with Crippen molar-refractivity contribution in [3.8, 4) is 0 Å². The van der Waals surface area contributed by atoms with Gasteiger partial charge in [0.2, 0.25) is 5.91 Å². The van der Waals surface area contributed by atoms with Gasteiger partial charge in [-0.1, -0.05) is 19.8 Å². The van der Waals surface area contributed by atoms with Crippen LogP contribution >= 0.6 is 0 Å². The Morgan fingerprint density at radius 2 is 1.92 bits per heavy atom. The summed E-state index contributed by atoms with van der Waals surface area (Å²) >= 11 is 0. The number of hydrogen-bond acceptors (Lipinski definition) is 3. The van der Waals surface area contributed by atoms with Crippen molar-refractivity contribution in [3.63, 3.8) is 0 Å². The van der Waals surface area contributed by atoms with E-state index >= 15 is 0 Å². The molecule has 0 aromatic rings. The Morgan fingerprint density at radius 3 is 2.64 bits per heavy atom. The van der Waals surface area contributed by atoms with Crippen LogP contribution in [0.2, 0.25) is 0 Å². The van der Waals surface area contributed by atoms with Gasteiger partial charge in [0.25, 0.3) is 0 Å². The van der Waals surface area contributed by atoms with Crippen LogP contribution in [-0.2, 0) is 4.79 Å². The van der Waals surface area contributed by atoms with E-state index in [0.717, 1.165) is 18.8 Å². The summed E-state index contributed by atoms with van der Waals surface area (Å²) < 4.78 is 0. The smallest absolute Gasteiger partial charge is 0.223 e. The lowest BCUT2D eigenvalue weighted by Gasteiger charge is -2.52. The second-order valence-electron chi connectivity index (χ2n) is 8.91. The van der Waals surface area contributed by atoms with E-state index in [0.29, 0.717) is 30.0 Å². The number of rotatable bonds is 5. The van der Waals surface area contributed by atoms with Crippen LogP contribution in [0.5, 0.6) is 0 Å². The van der Waals surface area contributed by atoms with Gasteiger partial charge in [0.05, 0.1) is 0 Å². The van der Waals surface area contributed by atoms with Gasteiger partial charge in [-0.2, -0.15) is 0 Å². The lowest BCUT2D eigenvalue weighted by Crippen LogP contribution is -2.59. The summed E-state index contributed by atoms with van der Waals surface area (Å²) in [7, 11) is 0. The van der Waals surface area contributed by atoms with Gasteiger partial charge in [0.15, 0.2) is 0 Å². The summed E-state index contributed by atoms with van der Waals surface area (Å²) in [5.74, 6) is 1.99. The number of carbonyl (C=O) groups excluding carboxylic acids is 1. The van der Waals surface area contributed by atoms with Crippen LogP contribution in [0.15, 0.2) is 0 Å². The second-order valence-corrected chi connectivity index (χ2v) is 8.91. The van der Waals surface area contributed by atoms with Gasteiger partial charge >= 0.3 is 0 Å². The summed E-state index contributed by atoms with van der Waals surface area (Å²) in [5, 5.41) is 6.78. The maximum atomic E-state index is 12.9. The lowest BCUT2D eigenvalue weighted by atomic mass is 9.69. The molecule has 144 valence electrons. The summed E-state index contributed by atoms with van der Waals surface area (Å²) in [6.45, 7) is 10.3. The zero-order chi connectivity index (χ0) is 17.8. The number of nitrogens with one attached hydrogen (secondary N) is 2. The van der Waals surface area contributed by atoms with E-state index in [9.17, 15) is 4.79 Å². The zero-order valence-corrected chi connectivity index (χ0v) is 16.6. The third kappa shape index (κ3) is 4.57. The molecule has 0 radical (unpaired) electrons. The molecule has 0 spiro atoms. The molecule has 1 aliphatic carbocycles. The number of likely N-dealkylation sites (tertiary alicyclic amines) is 1. The highest BCUT2D eigenvalue weighted by atomic mass is 16.2. The Labute approximate surface area is 154 Å². The lowest BCUT2D eigenvalue weighted by molar-refractivity contribution is -0.134. The molecule has 4 nitrogen and oxygen atoms in total. The number of carbonyl (C=O) groups is 1. The Bertz CT molecular complexity index is 435. The van der Waals surface area contributed by atoms with E-state index in [-0.39, 0.29) is 5.92 Å². The normalized spacial score (nSPS) is 35.8. The third-order valence-corrected chi connectivity index (χ3v) is 7.15. The van der Waals surface area contributed by atoms with Gasteiger partial charge in [-0.3, -0.25) is 9.69 Å². The molecule has 5 unspecified atom stereocenters. The molecular weight excluding hydrogens is 310 g/mol. The van der Waals surface area contributed by atoms with Crippen molar-refractivity contribution in [2.24, 2.45) is 17.8 Å². The SMILES string of the molecule is CCC(C)NC(=O)C1CC(C)N(CC2CCNCC2)C2CCCCC12. The first kappa shape index (κ1) is 19.2. The number of piperidine rings is 2. The molecule has 1 amide bonds. The van der Waals surface area contributed by atoms with E-state index in [1.807, 2.05) is 0 Å². The van der Waals surface area contributed by atoms with Crippen LogP contribution in [0.4, 0.5) is 0 Å². The highest BCUT2D eigenvalue weighted by molar-refractivity contribution is 5.79. The molecule has 2 aliphatic heterocycles. The molecule has 0 bridgehead atoms. The molecule has 0 aromatic carbocycles. The number of fused-ring (bicyclic) bond motifs is 1. The fraction of sp³-hybridized carbons (Fsp3) is 0.952. The van der Waals surface area contributed by atoms with Crippen LogP contribution in [0.3, 0.4) is 0 Å². The van der Waals surface area contributed by atoms with E-state index in [1.165, 1.54) is 58.2 Å². The number of hydrogen-bond donors (Lipinski definition) is 2. The summed E-state index contributed by atoms with van der Waals surface area (Å²) in [6, 6.07) is 1.49. The van der Waals surface area contributed by atoms with Crippen molar-refractivity contribution >= 4 is 5.91 Å². The highest BCUT2D eigenvalue weighted by Gasteiger charge is 2.45. The van der Waals surface area contributed by atoms with Crippen molar-refractivity contribution in [2.75, 3.05) is 19.6 Å². The molecule has 3 aliphatic rings. The average molecular weight is 350 g/mol. The maximum Gasteiger partial charge on any atom is 0.223 e. The van der Waals surface area contributed by atoms with Crippen LogP contribution < -0.4 is 10.6 Å². The summed E-state index contributed by atoms with van der Waals surface area (Å²) in [6.07, 6.45) is 9.90. The quantitative estimate of drug-likeness (QED) is 0.801. The fourth-order valence-corrected chi connectivity index (χ4v) is 5.46. The van der Waals surface area contributed by atoms with E-state index in [1.54, 1.807) is 0 Å². The number of nitrogens with zero attached hydrogens (tertiary/aromatic N) is 1. The van der Waals surface area contributed by atoms with Gasteiger partial charge in [-0.15, -0.1) is 0 Å². The molecule has 2 saturated heterocycles. The Hall–Kier alpha value is -0.610. The van der Waals surface area contributed by atoms with Crippen LogP contribution in [0.25, 0.3) is 0 Å². The first-order chi connectivity index (χ1) is 12.1. The number of amides is 1. The first-order valence-corrected chi connectivity index (χ1v) is 10.9. The minimum absolute atomic E-state index is 0.235. The van der Waals surface area contributed by atoms with Gasteiger partial charge in [-0.25, -0.2) is 0 Å². The average Bonchev–Trinajstić information content (AvgIpc) is 2.64. The van der Waals surface area contributed by atoms with Gasteiger partial charge in [-0.05, 0) is 77.3 Å². The molecule has 3 fully saturated rings. The molecule has 5 atom stereocenters. The van der Waals surface area contributed by atoms with Crippen LogP contribution in [0.1, 0.15) is 72.1 Å². The molecule has 2 heterocycles. The van der Waals surface area contributed by atoms with E-state index in [2.05, 4.69) is 36.3 Å². The van der Waals surface area contributed by atoms with Gasteiger partial charge < -0.3 is 10.6 Å². The van der Waals surface area contributed by atoms with E-state index < -0.39 is 0 Å². The molecule has 4 heteroatoms. The monoisotopic (exact) mass is 349 g/mol. The summed E-state index contributed by atoms with van der Waals surface area (Å²) in [4.78, 5) is 15.7. The molecule has 0 aromatic heterocycles. The molecule has 1 saturated carbocycles. The van der Waals surface area contributed by atoms with Gasteiger partial charge in [0, 0.05) is 30.6 Å². The maximum absolute atomic E-state index is 12.9. The van der Waals surface area contributed by atoms with Crippen molar-refractivity contribution < 1.29 is 4.79 Å². The van der Waals surface area contributed by atoms with Crippen LogP contribution in [0, 0.1) is 17.8 Å². The molecular formula is C21H39N3O. The standard InChI is InChI=1S/C21H39N3O/c1-4-15(2)23-21(25)19-13-16(3)24(14-17-9-11-22-12-10-17)20-8-6-5-7-18(19)20/h15-20,22H,4-14H2,1-3H3,(H,23,25).